The van der Waals surface area contributed by atoms with Gasteiger partial charge in [-0.05, 0) is 18.6 Å². The lowest BCUT2D eigenvalue weighted by Gasteiger charge is -2.13. The van der Waals surface area contributed by atoms with Crippen LogP contribution in [-0.4, -0.2) is 32.5 Å². The van der Waals surface area contributed by atoms with E-state index in [2.05, 4.69) is 9.71 Å². The number of aryl methyl sites for hydroxylation is 1. The third kappa shape index (κ3) is 4.30. The maximum Gasteiger partial charge on any atom is 0.270 e. The molecule has 0 spiro atoms. The Morgan fingerprint density at radius 2 is 1.83 bits per heavy atom. The number of nitrogens with zero attached hydrogens (tertiary/aromatic N) is 2. The largest absolute Gasteiger partial charge is 0.493 e. The number of aromatic nitrogens is 1. The highest BCUT2D eigenvalue weighted by molar-refractivity contribution is 7.93. The van der Waals surface area contributed by atoms with E-state index in [4.69, 9.17) is 9.47 Å². The highest BCUT2D eigenvalue weighted by atomic mass is 32.2. The van der Waals surface area contributed by atoms with Crippen molar-refractivity contribution in [3.05, 3.63) is 57.5 Å². The number of nitrogens with one attached hydrogen (secondary N) is 1. The number of anilines is 1. The lowest BCUT2D eigenvalue weighted by molar-refractivity contribution is -0.384. The van der Waals surface area contributed by atoms with Crippen LogP contribution in [0.25, 0.3) is 11.3 Å². The molecular formula is C18H17N3O6S2. The molecule has 0 aliphatic rings. The summed E-state index contributed by atoms with van der Waals surface area (Å²) >= 11 is 1.08. The van der Waals surface area contributed by atoms with E-state index in [0.717, 1.165) is 11.3 Å². The van der Waals surface area contributed by atoms with Crippen molar-refractivity contribution in [2.45, 2.75) is 11.8 Å². The molecular weight excluding hydrogens is 418 g/mol. The van der Waals surface area contributed by atoms with Gasteiger partial charge in [-0.3, -0.25) is 14.8 Å². The number of hydrogen-bond acceptors (Lipinski definition) is 8. The van der Waals surface area contributed by atoms with Gasteiger partial charge >= 0.3 is 0 Å². The monoisotopic (exact) mass is 435 g/mol. The number of benzene rings is 2. The Hall–Kier alpha value is -3.18. The van der Waals surface area contributed by atoms with Crippen LogP contribution in [0, 0.1) is 17.0 Å². The molecule has 29 heavy (non-hydrogen) atoms. The van der Waals surface area contributed by atoms with Crippen LogP contribution in [0.2, 0.25) is 0 Å². The van der Waals surface area contributed by atoms with Crippen molar-refractivity contribution in [1.82, 2.24) is 4.98 Å². The van der Waals surface area contributed by atoms with Crippen molar-refractivity contribution in [1.29, 1.82) is 0 Å². The number of rotatable bonds is 7. The molecule has 1 N–H and O–H groups in total. The zero-order valence-corrected chi connectivity index (χ0v) is 17.3. The van der Waals surface area contributed by atoms with E-state index in [1.165, 1.54) is 32.4 Å². The maximum absolute atomic E-state index is 12.8. The van der Waals surface area contributed by atoms with E-state index < -0.39 is 14.9 Å². The molecule has 0 fully saturated rings. The van der Waals surface area contributed by atoms with E-state index in [0.29, 0.717) is 22.6 Å². The molecule has 1 aromatic heterocycles. The summed E-state index contributed by atoms with van der Waals surface area (Å²) in [4.78, 5) is 14.7. The molecule has 0 atom stereocenters. The minimum absolute atomic E-state index is 0.0299. The number of non-ortho nitro benzene ring substituents is 1. The van der Waals surface area contributed by atoms with Gasteiger partial charge in [-0.15, -0.1) is 11.3 Å². The molecule has 3 aromatic rings. The first-order valence-electron chi connectivity index (χ1n) is 8.21. The second-order valence-corrected chi connectivity index (χ2v) is 8.43. The van der Waals surface area contributed by atoms with Crippen molar-refractivity contribution in [3.8, 4) is 22.8 Å². The van der Waals surface area contributed by atoms with Crippen LogP contribution in [0.5, 0.6) is 11.5 Å². The second kappa shape index (κ2) is 8.05. The average Bonchev–Trinajstić information content (AvgIpc) is 3.15. The molecule has 9 nitrogen and oxygen atoms in total. The first-order valence-corrected chi connectivity index (χ1v) is 10.6. The average molecular weight is 435 g/mol. The molecule has 1 heterocycles. The van der Waals surface area contributed by atoms with Gasteiger partial charge in [-0.25, -0.2) is 13.4 Å². The molecule has 2 aromatic carbocycles. The standard InChI is InChI=1S/C18H17N3O6S2/c1-11-7-15(26-2)16(27-3)9-17(11)29(24,25)20-18-19-14(10-28-18)12-5-4-6-13(8-12)21(22)23/h4-10H,1-3H3,(H,19,20). The number of nitro benzene ring substituents is 1. The van der Waals surface area contributed by atoms with Crippen molar-refractivity contribution < 1.29 is 22.8 Å². The highest BCUT2D eigenvalue weighted by Gasteiger charge is 2.22. The fourth-order valence-corrected chi connectivity index (χ4v) is 4.87. The van der Waals surface area contributed by atoms with Crippen molar-refractivity contribution >= 4 is 32.2 Å². The lowest BCUT2D eigenvalue weighted by Crippen LogP contribution is -2.14. The van der Waals surface area contributed by atoms with Gasteiger partial charge in [0.2, 0.25) is 0 Å². The van der Waals surface area contributed by atoms with Crippen molar-refractivity contribution in [2.24, 2.45) is 0 Å². The minimum Gasteiger partial charge on any atom is -0.493 e. The molecule has 0 saturated heterocycles. The van der Waals surface area contributed by atoms with Gasteiger partial charge in [0.25, 0.3) is 15.7 Å². The van der Waals surface area contributed by atoms with Crippen LogP contribution in [-0.2, 0) is 10.0 Å². The summed E-state index contributed by atoms with van der Waals surface area (Å²) in [6.07, 6.45) is 0. The Bertz CT molecular complexity index is 1170. The minimum atomic E-state index is -3.94. The van der Waals surface area contributed by atoms with Crippen LogP contribution < -0.4 is 14.2 Å². The SMILES string of the molecule is COc1cc(C)c(S(=O)(=O)Nc2nc(-c3cccc([N+](=O)[O-])c3)cs2)cc1OC. The summed E-state index contributed by atoms with van der Waals surface area (Å²) in [6, 6.07) is 8.92. The van der Waals surface area contributed by atoms with Crippen LogP contribution in [0.4, 0.5) is 10.8 Å². The summed E-state index contributed by atoms with van der Waals surface area (Å²) in [5.74, 6) is 0.709. The van der Waals surface area contributed by atoms with E-state index >= 15 is 0 Å². The Balaban J connectivity index is 1.91. The molecule has 0 radical (unpaired) electrons. The van der Waals surface area contributed by atoms with Gasteiger partial charge in [0.05, 0.1) is 29.7 Å². The molecule has 0 unspecified atom stereocenters. The molecule has 11 heteroatoms. The predicted molar refractivity (Wildman–Crippen MR) is 109 cm³/mol. The summed E-state index contributed by atoms with van der Waals surface area (Å²) in [7, 11) is -1.05. The van der Waals surface area contributed by atoms with Crippen LogP contribution in [0.3, 0.4) is 0 Å². The molecule has 0 amide bonds. The maximum atomic E-state index is 12.8. The van der Waals surface area contributed by atoms with Gasteiger partial charge in [-0.1, -0.05) is 12.1 Å². The number of sulfonamides is 1. The Kier molecular flexibility index (Phi) is 5.71. The smallest absolute Gasteiger partial charge is 0.270 e. The normalized spacial score (nSPS) is 11.1. The number of hydrogen-bond donors (Lipinski definition) is 1. The summed E-state index contributed by atoms with van der Waals surface area (Å²) in [5, 5.41) is 12.7. The summed E-state index contributed by atoms with van der Waals surface area (Å²) < 4.78 is 38.5. The number of ether oxygens (including phenoxy) is 2. The zero-order chi connectivity index (χ0) is 21.2. The van der Waals surface area contributed by atoms with Crippen molar-refractivity contribution in [2.75, 3.05) is 18.9 Å². The van der Waals surface area contributed by atoms with Crippen molar-refractivity contribution in [3.63, 3.8) is 0 Å². The van der Waals surface area contributed by atoms with E-state index in [9.17, 15) is 18.5 Å². The van der Waals surface area contributed by atoms with Gasteiger partial charge in [0.1, 0.15) is 0 Å². The predicted octanol–water partition coefficient (Wildman–Crippen LogP) is 3.84. The fourth-order valence-electron chi connectivity index (χ4n) is 2.65. The van der Waals surface area contributed by atoms with Crippen LogP contribution >= 0.6 is 11.3 Å². The van der Waals surface area contributed by atoms with Gasteiger partial charge < -0.3 is 9.47 Å². The zero-order valence-electron chi connectivity index (χ0n) is 15.7. The van der Waals surface area contributed by atoms with Crippen LogP contribution in [0.1, 0.15) is 5.56 Å². The molecule has 0 aliphatic heterocycles. The molecule has 152 valence electrons. The summed E-state index contributed by atoms with van der Waals surface area (Å²) in [5.41, 5.74) is 1.35. The van der Waals surface area contributed by atoms with E-state index in [-0.39, 0.29) is 21.5 Å². The van der Waals surface area contributed by atoms with Crippen LogP contribution in [0.15, 0.2) is 46.7 Å². The van der Waals surface area contributed by atoms with Gasteiger partial charge in [-0.2, -0.15) is 0 Å². The Morgan fingerprint density at radius 3 is 2.48 bits per heavy atom. The van der Waals surface area contributed by atoms with E-state index in [1.807, 2.05) is 0 Å². The fraction of sp³-hybridized carbons (Fsp3) is 0.167. The second-order valence-electron chi connectivity index (χ2n) is 5.92. The molecule has 3 rings (SSSR count). The quantitative estimate of drug-likeness (QED) is 0.442. The van der Waals surface area contributed by atoms with Gasteiger partial charge in [0, 0.05) is 29.1 Å². The van der Waals surface area contributed by atoms with Gasteiger partial charge in [0.15, 0.2) is 16.6 Å². The third-order valence-electron chi connectivity index (χ3n) is 4.05. The first kappa shape index (κ1) is 20.6. The number of nitro groups is 1. The third-order valence-corrected chi connectivity index (χ3v) is 6.42. The number of methoxy groups -OCH3 is 2. The highest BCUT2D eigenvalue weighted by Crippen LogP contribution is 2.34. The lowest BCUT2D eigenvalue weighted by atomic mass is 10.1. The Morgan fingerprint density at radius 1 is 1.14 bits per heavy atom. The molecule has 0 saturated carbocycles. The topological polar surface area (TPSA) is 121 Å². The Labute approximate surface area is 171 Å². The summed E-state index contributed by atoms with van der Waals surface area (Å²) in [6.45, 7) is 1.65. The first-order chi connectivity index (χ1) is 13.7. The molecule has 0 aliphatic carbocycles. The molecule has 0 bridgehead atoms. The van der Waals surface area contributed by atoms with E-state index in [1.54, 1.807) is 30.5 Å². The number of thiazole rings is 1.